The molecule has 0 fully saturated rings. The van der Waals surface area contributed by atoms with Crippen molar-refractivity contribution in [1.82, 2.24) is 0 Å². The summed E-state index contributed by atoms with van der Waals surface area (Å²) in [5.41, 5.74) is -0.254. The zero-order chi connectivity index (χ0) is 7.72. The van der Waals surface area contributed by atoms with Gasteiger partial charge in [-0.2, -0.15) is 0 Å². The van der Waals surface area contributed by atoms with E-state index < -0.39 is 0 Å². The van der Waals surface area contributed by atoms with Crippen LogP contribution < -0.4 is 0 Å². The number of hydrogen-bond acceptors (Lipinski definition) is 5. The summed E-state index contributed by atoms with van der Waals surface area (Å²) in [6.07, 6.45) is 1.74. The molecule has 0 saturated heterocycles. The van der Waals surface area contributed by atoms with Crippen LogP contribution in [0, 0.1) is 0 Å². The Morgan fingerprint density at radius 1 is 1.30 bits per heavy atom. The fourth-order valence-corrected chi connectivity index (χ4v) is 1.67. The highest BCUT2D eigenvalue weighted by Gasteiger charge is 2.13. The number of rotatable bonds is 0. The van der Waals surface area contributed by atoms with Crippen LogP contribution in [0.4, 0.5) is 0 Å². The highest BCUT2D eigenvalue weighted by atomic mass is 32.1. The van der Waals surface area contributed by atoms with E-state index in [-0.39, 0.29) is 5.44 Å². The van der Waals surface area contributed by atoms with E-state index in [1.165, 1.54) is 0 Å². The fraction of sp³-hybridized carbons (Fsp3) is 0.200. The van der Waals surface area contributed by atoms with E-state index in [0.717, 1.165) is 4.91 Å². The minimum absolute atomic E-state index is 0.254. The Morgan fingerprint density at radius 2 is 1.90 bits per heavy atom. The van der Waals surface area contributed by atoms with Gasteiger partial charge in [-0.25, -0.2) is 0 Å². The second-order valence-corrected chi connectivity index (χ2v) is 3.56. The zero-order valence-corrected chi connectivity index (χ0v) is 8.43. The number of hydrogen-bond donors (Lipinski definition) is 4. The maximum atomic E-state index is 5.08. The molecular formula is C5H6OS4. The maximum Gasteiger partial charge on any atom is 0.166 e. The minimum atomic E-state index is -0.254. The SMILES string of the molecule is SC1=CC(S)OC(S)=C1S. The first-order valence-electron chi connectivity index (χ1n) is 2.49. The van der Waals surface area contributed by atoms with E-state index in [1.807, 2.05) is 0 Å². The quantitative estimate of drug-likeness (QED) is 0.448. The highest BCUT2D eigenvalue weighted by Crippen LogP contribution is 2.31. The lowest BCUT2D eigenvalue weighted by Gasteiger charge is -2.17. The van der Waals surface area contributed by atoms with Crippen LogP contribution in [0.1, 0.15) is 0 Å². The van der Waals surface area contributed by atoms with Gasteiger partial charge in [0.15, 0.2) is 10.5 Å². The monoisotopic (exact) mass is 210 g/mol. The molecule has 1 rings (SSSR count). The zero-order valence-electron chi connectivity index (χ0n) is 4.85. The van der Waals surface area contributed by atoms with Gasteiger partial charge in [0, 0.05) is 4.91 Å². The van der Waals surface area contributed by atoms with Crippen LogP contribution in [0.5, 0.6) is 0 Å². The molecule has 0 aliphatic carbocycles. The summed E-state index contributed by atoms with van der Waals surface area (Å²) in [6.45, 7) is 0. The van der Waals surface area contributed by atoms with Crippen molar-refractivity contribution in [2.24, 2.45) is 0 Å². The lowest BCUT2D eigenvalue weighted by molar-refractivity contribution is 0.247. The lowest BCUT2D eigenvalue weighted by Crippen LogP contribution is -2.05. The fourth-order valence-electron chi connectivity index (χ4n) is 0.528. The third-order valence-corrected chi connectivity index (χ3v) is 2.73. The smallest absolute Gasteiger partial charge is 0.166 e. The standard InChI is InChI=1S/C5H6OS4/c7-2-1-3(8)6-5(10)4(2)9/h1,3,7-10H. The van der Waals surface area contributed by atoms with Crippen molar-refractivity contribution in [2.45, 2.75) is 5.44 Å². The van der Waals surface area contributed by atoms with Gasteiger partial charge < -0.3 is 4.74 Å². The van der Waals surface area contributed by atoms with E-state index in [1.54, 1.807) is 6.08 Å². The van der Waals surface area contributed by atoms with Crippen molar-refractivity contribution >= 4 is 50.5 Å². The van der Waals surface area contributed by atoms with E-state index in [4.69, 9.17) is 4.74 Å². The van der Waals surface area contributed by atoms with E-state index in [0.29, 0.717) is 10.00 Å². The van der Waals surface area contributed by atoms with Crippen LogP contribution in [0.3, 0.4) is 0 Å². The number of ether oxygens (including phenoxy) is 1. The van der Waals surface area contributed by atoms with Gasteiger partial charge in [0.05, 0.1) is 4.91 Å². The van der Waals surface area contributed by atoms with Crippen molar-refractivity contribution < 1.29 is 4.74 Å². The minimum Gasteiger partial charge on any atom is -0.469 e. The van der Waals surface area contributed by atoms with Crippen LogP contribution in [-0.2, 0) is 4.74 Å². The van der Waals surface area contributed by atoms with Crippen molar-refractivity contribution in [3.8, 4) is 0 Å². The predicted molar refractivity (Wildman–Crippen MR) is 55.9 cm³/mol. The average molecular weight is 210 g/mol. The molecule has 1 atom stereocenters. The molecule has 0 aromatic carbocycles. The van der Waals surface area contributed by atoms with Gasteiger partial charge in [0.1, 0.15) is 0 Å². The van der Waals surface area contributed by atoms with Gasteiger partial charge in [-0.1, -0.05) is 0 Å². The molecule has 56 valence electrons. The van der Waals surface area contributed by atoms with E-state index >= 15 is 0 Å². The third kappa shape index (κ3) is 1.84. The van der Waals surface area contributed by atoms with Crippen LogP contribution in [0.15, 0.2) is 21.0 Å². The van der Waals surface area contributed by atoms with Gasteiger partial charge in [-0.15, -0.1) is 50.5 Å². The molecule has 1 aliphatic rings. The molecule has 10 heavy (non-hydrogen) atoms. The molecule has 0 saturated carbocycles. The Hall–Kier alpha value is 0.680. The Kier molecular flexibility index (Phi) is 2.97. The summed E-state index contributed by atoms with van der Waals surface area (Å²) in [7, 11) is 0. The summed E-state index contributed by atoms with van der Waals surface area (Å²) in [5.74, 6) is 0. The van der Waals surface area contributed by atoms with Crippen LogP contribution in [0.2, 0.25) is 0 Å². The van der Waals surface area contributed by atoms with Gasteiger partial charge in [-0.05, 0) is 6.08 Å². The van der Waals surface area contributed by atoms with E-state index in [2.05, 4.69) is 50.5 Å². The molecule has 0 spiro atoms. The predicted octanol–water partition coefficient (Wildman–Crippen LogP) is 2.11. The molecule has 1 aliphatic heterocycles. The Labute approximate surface area is 81.5 Å². The molecule has 0 radical (unpaired) electrons. The largest absolute Gasteiger partial charge is 0.469 e. The van der Waals surface area contributed by atoms with Crippen molar-refractivity contribution in [3.05, 3.63) is 21.0 Å². The molecule has 0 N–H and O–H groups in total. The first-order chi connectivity index (χ1) is 4.61. The topological polar surface area (TPSA) is 9.23 Å². The molecule has 0 aromatic rings. The molecule has 0 amide bonds. The summed E-state index contributed by atoms with van der Waals surface area (Å²) >= 11 is 16.3. The Morgan fingerprint density at radius 3 is 2.40 bits per heavy atom. The van der Waals surface area contributed by atoms with Gasteiger partial charge in [-0.3, -0.25) is 0 Å². The summed E-state index contributed by atoms with van der Waals surface area (Å²) in [4.78, 5) is 1.40. The Bertz CT molecular complexity index is 208. The second-order valence-electron chi connectivity index (χ2n) is 1.71. The first-order valence-corrected chi connectivity index (χ1v) is 4.35. The van der Waals surface area contributed by atoms with Crippen molar-refractivity contribution in [1.29, 1.82) is 0 Å². The molecule has 0 bridgehead atoms. The summed E-state index contributed by atoms with van der Waals surface area (Å²) in [6, 6.07) is 0. The molecule has 1 nitrogen and oxygen atoms in total. The van der Waals surface area contributed by atoms with Crippen LogP contribution >= 0.6 is 50.5 Å². The number of thiol groups is 4. The molecular weight excluding hydrogens is 204 g/mol. The second kappa shape index (κ2) is 3.38. The van der Waals surface area contributed by atoms with Crippen molar-refractivity contribution in [2.75, 3.05) is 0 Å². The molecule has 1 unspecified atom stereocenters. The average Bonchev–Trinajstić information content (AvgIpc) is 1.82. The molecule has 1 heterocycles. The third-order valence-electron chi connectivity index (χ3n) is 0.978. The van der Waals surface area contributed by atoms with Crippen molar-refractivity contribution in [3.63, 3.8) is 0 Å². The maximum absolute atomic E-state index is 5.08. The van der Waals surface area contributed by atoms with Gasteiger partial charge in [0.2, 0.25) is 0 Å². The Balaban J connectivity index is 2.90. The molecule has 5 heteroatoms. The summed E-state index contributed by atoms with van der Waals surface area (Å²) in [5, 5.41) is 0.468. The van der Waals surface area contributed by atoms with E-state index in [9.17, 15) is 0 Å². The van der Waals surface area contributed by atoms with Crippen LogP contribution in [0.25, 0.3) is 0 Å². The lowest BCUT2D eigenvalue weighted by atomic mass is 10.4. The van der Waals surface area contributed by atoms with Gasteiger partial charge in [0.25, 0.3) is 0 Å². The summed E-state index contributed by atoms with van der Waals surface area (Å²) < 4.78 is 5.08. The normalized spacial score (nSPS) is 26.0. The molecule has 0 aromatic heterocycles. The van der Waals surface area contributed by atoms with Crippen LogP contribution in [-0.4, -0.2) is 5.44 Å². The highest BCUT2D eigenvalue weighted by molar-refractivity contribution is 7.92. The first kappa shape index (κ1) is 8.77. The van der Waals surface area contributed by atoms with Gasteiger partial charge >= 0.3 is 0 Å².